The van der Waals surface area contributed by atoms with E-state index in [4.69, 9.17) is 18.9 Å². The quantitative estimate of drug-likeness (QED) is 0.0912. The fourth-order valence-electron chi connectivity index (χ4n) is 6.60. The summed E-state index contributed by atoms with van der Waals surface area (Å²) in [5, 5.41) is 21.6. The Morgan fingerprint density at radius 3 is 2.07 bits per heavy atom. The summed E-state index contributed by atoms with van der Waals surface area (Å²) < 4.78 is 59.5. The number of carbonyl (C=O) groups excluding carboxylic acids is 3. The molecule has 2 fully saturated rings. The summed E-state index contributed by atoms with van der Waals surface area (Å²) >= 11 is 0. The highest BCUT2D eigenvalue weighted by Gasteiger charge is 2.43. The largest absolute Gasteiger partial charge is 0.458 e. The minimum Gasteiger partial charge on any atom is -0.458 e. The molecule has 1 amide bonds. The number of carbonyl (C=O) groups is 3. The molecule has 4 unspecified atom stereocenters. The number of aryl methyl sites for hydroxylation is 1. The minimum absolute atomic E-state index is 0.00963. The molecule has 0 spiro atoms. The smallest absolute Gasteiger partial charge is 0.303 e. The van der Waals surface area contributed by atoms with E-state index in [1.165, 1.54) is 26.0 Å². The number of aliphatic hydroxyl groups excluding tert-OH is 2. The van der Waals surface area contributed by atoms with E-state index in [-0.39, 0.29) is 55.9 Å². The molecule has 3 aromatic carbocycles. The number of halogens is 1. The van der Waals surface area contributed by atoms with Gasteiger partial charge in [-0.15, -0.1) is 0 Å². The molecule has 0 radical (unpaired) electrons. The molecule has 0 aromatic heterocycles. The summed E-state index contributed by atoms with van der Waals surface area (Å²) in [6, 6.07) is 20.7. The summed E-state index contributed by atoms with van der Waals surface area (Å²) in [6.45, 7) is 8.75. The van der Waals surface area contributed by atoms with Crippen LogP contribution in [0.5, 0.6) is 0 Å². The van der Waals surface area contributed by atoms with E-state index in [1.807, 2.05) is 43.3 Å². The predicted octanol–water partition coefficient (Wildman–Crippen LogP) is 5.75. The Morgan fingerprint density at radius 1 is 0.947 bits per heavy atom. The summed E-state index contributed by atoms with van der Waals surface area (Å²) in [6.07, 6.45) is 1.41. The molecule has 3 aromatic rings. The summed E-state index contributed by atoms with van der Waals surface area (Å²) in [4.78, 5) is 36.8. The molecular weight excluding hydrogens is 760 g/mol. The number of rotatable bonds is 16. The van der Waals surface area contributed by atoms with Gasteiger partial charge in [0.1, 0.15) is 18.0 Å². The van der Waals surface area contributed by atoms with Crippen LogP contribution in [0.2, 0.25) is 0 Å². The number of benzene rings is 3. The molecule has 3 N–H and O–H groups in total. The van der Waals surface area contributed by atoms with Crippen LogP contribution in [0.15, 0.2) is 72.8 Å². The molecular formula is C42H55FN2O11S. The number of anilines is 1. The van der Waals surface area contributed by atoms with E-state index >= 15 is 0 Å². The van der Waals surface area contributed by atoms with Crippen molar-refractivity contribution in [2.45, 2.75) is 109 Å². The predicted molar refractivity (Wildman–Crippen MR) is 211 cm³/mol. The Bertz CT molecular complexity index is 1900. The van der Waals surface area contributed by atoms with Crippen molar-refractivity contribution in [3.8, 4) is 0 Å². The molecule has 312 valence electrons. The first kappa shape index (κ1) is 45.5. The molecule has 4 atom stereocenters. The molecule has 0 saturated carbocycles. The van der Waals surface area contributed by atoms with Gasteiger partial charge in [-0.05, 0) is 92.5 Å². The molecule has 2 aliphatic rings. The monoisotopic (exact) mass is 814 g/mol. The van der Waals surface area contributed by atoms with E-state index in [0.29, 0.717) is 37.8 Å². The Morgan fingerprint density at radius 2 is 1.54 bits per heavy atom. The van der Waals surface area contributed by atoms with Crippen molar-refractivity contribution >= 4 is 33.6 Å². The van der Waals surface area contributed by atoms with Gasteiger partial charge < -0.3 is 34.1 Å². The zero-order chi connectivity index (χ0) is 42.0. The number of hydrogen-bond acceptors (Lipinski definition) is 11. The number of ether oxygens (including phenoxy) is 4. The van der Waals surface area contributed by atoms with E-state index in [9.17, 15) is 37.4 Å². The zero-order valence-corrected chi connectivity index (χ0v) is 34.2. The second kappa shape index (κ2) is 19.9. The van der Waals surface area contributed by atoms with Crippen LogP contribution in [0.1, 0.15) is 107 Å². The van der Waals surface area contributed by atoms with Gasteiger partial charge >= 0.3 is 11.9 Å². The topological polar surface area (TPSA) is 178 Å². The van der Waals surface area contributed by atoms with Crippen LogP contribution in [0.4, 0.5) is 10.1 Å². The van der Waals surface area contributed by atoms with Crippen molar-refractivity contribution in [2.75, 3.05) is 30.9 Å². The van der Waals surface area contributed by atoms with Crippen LogP contribution in [0, 0.1) is 5.82 Å². The number of sulfonamides is 1. The van der Waals surface area contributed by atoms with Gasteiger partial charge in [0.05, 0.1) is 38.0 Å². The highest BCUT2D eigenvalue weighted by Crippen LogP contribution is 2.39. The average Bonchev–Trinajstić information content (AvgIpc) is 3.15. The lowest BCUT2D eigenvalue weighted by Crippen LogP contribution is -2.53. The number of amides is 1. The second-order valence-electron chi connectivity index (χ2n) is 14.9. The third-order valence-corrected chi connectivity index (χ3v) is 10.5. The van der Waals surface area contributed by atoms with E-state index < -0.39 is 39.6 Å². The number of aliphatic hydroxyl groups is 2. The van der Waals surface area contributed by atoms with Gasteiger partial charge in [0.15, 0.2) is 11.4 Å². The van der Waals surface area contributed by atoms with Crippen LogP contribution < -0.4 is 9.62 Å². The van der Waals surface area contributed by atoms with Gasteiger partial charge in [0.25, 0.3) is 0 Å². The maximum absolute atomic E-state index is 12.6. The Labute approximate surface area is 334 Å². The summed E-state index contributed by atoms with van der Waals surface area (Å²) in [5.74, 6) is -1.87. The van der Waals surface area contributed by atoms with Crippen LogP contribution in [0.25, 0.3) is 0 Å². The lowest BCUT2D eigenvalue weighted by Gasteiger charge is -2.43. The Kier molecular flexibility index (Phi) is 15.9. The van der Waals surface area contributed by atoms with Crippen LogP contribution in [-0.2, 0) is 49.8 Å². The van der Waals surface area contributed by atoms with Gasteiger partial charge in [-0.1, -0.05) is 55.5 Å². The Balaban J connectivity index is 0.000000433. The van der Waals surface area contributed by atoms with Crippen molar-refractivity contribution in [2.24, 2.45) is 0 Å². The summed E-state index contributed by atoms with van der Waals surface area (Å²) in [7, 11) is -3.20. The molecule has 15 heteroatoms. The minimum atomic E-state index is -3.20. The van der Waals surface area contributed by atoms with Crippen LogP contribution >= 0.6 is 0 Å². The number of nitrogens with one attached hydrogen (secondary N) is 1. The summed E-state index contributed by atoms with van der Waals surface area (Å²) in [5.41, 5.74) is 3.05. The maximum atomic E-state index is 12.6. The van der Waals surface area contributed by atoms with Gasteiger partial charge in [0.2, 0.25) is 15.9 Å². The first-order valence-corrected chi connectivity index (χ1v) is 20.9. The second-order valence-corrected chi connectivity index (χ2v) is 16.8. The SMILES string of the molecule is CC(=O)OC1(CCC(O)C(O)c2ccc(C3CC(=O)N3c3ccc(CCCNS(C)(=O)=O)cc3)cc2)COC(C)(C)OC1.CCC(OC(C)=O)c1ccc(F)cc1. The highest BCUT2D eigenvalue weighted by molar-refractivity contribution is 7.88. The van der Waals surface area contributed by atoms with Crippen LogP contribution in [0.3, 0.4) is 0 Å². The fraction of sp³-hybridized carbons (Fsp3) is 0.500. The highest BCUT2D eigenvalue weighted by atomic mass is 32.2. The molecule has 5 rings (SSSR count). The number of esters is 2. The lowest BCUT2D eigenvalue weighted by atomic mass is 9.90. The molecule has 2 aliphatic heterocycles. The molecule has 0 bridgehead atoms. The first-order chi connectivity index (χ1) is 26.8. The maximum Gasteiger partial charge on any atom is 0.303 e. The molecule has 57 heavy (non-hydrogen) atoms. The van der Waals surface area contributed by atoms with Crippen LogP contribution in [-0.4, -0.2) is 80.0 Å². The van der Waals surface area contributed by atoms with Crippen molar-refractivity contribution < 1.29 is 56.4 Å². The van der Waals surface area contributed by atoms with Gasteiger partial charge in [-0.2, -0.15) is 0 Å². The average molecular weight is 815 g/mol. The van der Waals surface area contributed by atoms with E-state index in [2.05, 4.69) is 4.72 Å². The van der Waals surface area contributed by atoms with Gasteiger partial charge in [-0.3, -0.25) is 14.4 Å². The van der Waals surface area contributed by atoms with Crippen molar-refractivity contribution in [3.05, 3.63) is 101 Å². The van der Waals surface area contributed by atoms with Crippen molar-refractivity contribution in [3.63, 3.8) is 0 Å². The molecule has 2 heterocycles. The lowest BCUT2D eigenvalue weighted by molar-refractivity contribution is -0.306. The fourth-order valence-corrected chi connectivity index (χ4v) is 7.12. The van der Waals surface area contributed by atoms with Gasteiger partial charge in [-0.25, -0.2) is 17.5 Å². The van der Waals surface area contributed by atoms with E-state index in [0.717, 1.165) is 28.6 Å². The zero-order valence-electron chi connectivity index (χ0n) is 33.4. The van der Waals surface area contributed by atoms with Crippen molar-refractivity contribution in [1.82, 2.24) is 4.72 Å². The Hall–Kier alpha value is -4.25. The van der Waals surface area contributed by atoms with Crippen molar-refractivity contribution in [1.29, 1.82) is 0 Å². The van der Waals surface area contributed by atoms with E-state index in [1.54, 1.807) is 43.0 Å². The third kappa shape index (κ3) is 13.7. The number of hydrogen-bond donors (Lipinski definition) is 3. The normalized spacial score (nSPS) is 18.9. The number of β-lactam (4-membered cyclic amide) rings is 1. The first-order valence-electron chi connectivity index (χ1n) is 19.0. The standard InChI is InChI=1S/C31H42N2O9S.C11H13FO2/c1-21(34)42-31(19-40-30(2,3)41-20-31)16-15-27(35)29(37)24-11-9-23(10-12-24)26-18-28(36)33(26)25-13-7-22(8-14-25)6-5-17-32-43(4,38)39;1-3-11(14-8(2)13)9-4-6-10(12)7-5-9/h7-14,26-27,29,32,35,37H,5-6,15-20H2,1-4H3;4-7,11H,3H2,1-2H3. The number of nitrogens with zero attached hydrogens (tertiary/aromatic N) is 1. The van der Waals surface area contributed by atoms with Gasteiger partial charge in [0, 0.05) is 26.1 Å². The third-order valence-electron chi connectivity index (χ3n) is 9.74. The molecule has 2 saturated heterocycles. The molecule has 13 nitrogen and oxygen atoms in total. The molecule has 0 aliphatic carbocycles.